The van der Waals surface area contributed by atoms with Crippen LogP contribution >= 0.6 is 0 Å². The average molecular weight is 282 g/mol. The van der Waals surface area contributed by atoms with Crippen LogP contribution in [0.25, 0.3) is 0 Å². The van der Waals surface area contributed by atoms with Crippen LogP contribution in [-0.4, -0.2) is 31.1 Å². The van der Waals surface area contributed by atoms with E-state index in [-0.39, 0.29) is 17.7 Å². The first kappa shape index (κ1) is 20.6. The Kier molecular flexibility index (Phi) is 12.8. The first-order valence-electron chi connectivity index (χ1n) is 6.67. The Labute approximate surface area is 121 Å². The summed E-state index contributed by atoms with van der Waals surface area (Å²) in [5.41, 5.74) is 1.72. The van der Waals surface area contributed by atoms with Crippen molar-refractivity contribution in [3.8, 4) is 0 Å². The van der Waals surface area contributed by atoms with Crippen LogP contribution in [0.15, 0.2) is 24.3 Å². The Hall–Kier alpha value is -1.68. The number of carbonyl (C=O) groups excluding carboxylic acids is 2. The molecule has 1 unspecified atom stereocenters. The van der Waals surface area contributed by atoms with Gasteiger partial charge in [0.1, 0.15) is 0 Å². The van der Waals surface area contributed by atoms with Gasteiger partial charge in [0.15, 0.2) is 5.78 Å². The molecule has 1 aromatic rings. The lowest BCUT2D eigenvalue weighted by Crippen LogP contribution is -2.15. The van der Waals surface area contributed by atoms with Gasteiger partial charge in [-0.1, -0.05) is 45.0 Å². The van der Waals surface area contributed by atoms with Crippen molar-refractivity contribution in [3.05, 3.63) is 35.4 Å². The van der Waals surface area contributed by atoms with Crippen LogP contribution in [0.1, 0.15) is 43.6 Å². The average Bonchev–Trinajstić information content (AvgIpc) is 2.51. The number of hydrogen-bond donors (Lipinski definition) is 1. The second-order valence-corrected chi connectivity index (χ2v) is 3.88. The molecule has 0 saturated heterocycles. The van der Waals surface area contributed by atoms with Gasteiger partial charge in [-0.15, -0.1) is 0 Å². The maximum Gasteiger partial charge on any atom is 0.308 e. The van der Waals surface area contributed by atoms with Crippen molar-refractivity contribution >= 4 is 11.8 Å². The minimum absolute atomic E-state index is 0.0487. The molecule has 0 aliphatic carbocycles. The predicted molar refractivity (Wildman–Crippen MR) is 80.8 cm³/mol. The van der Waals surface area contributed by atoms with E-state index in [1.807, 2.05) is 32.9 Å². The zero-order valence-electron chi connectivity index (χ0n) is 13.3. The van der Waals surface area contributed by atoms with Gasteiger partial charge in [0.05, 0.1) is 13.0 Å². The molecule has 4 nitrogen and oxygen atoms in total. The van der Waals surface area contributed by atoms with Crippen molar-refractivity contribution < 1.29 is 19.4 Å². The molecule has 20 heavy (non-hydrogen) atoms. The SMILES string of the molecule is CC.CO.COC(=O)C(C)Cc1ccc(C(C)=O)cc1. The number of hydrogen-bond acceptors (Lipinski definition) is 4. The summed E-state index contributed by atoms with van der Waals surface area (Å²) in [6, 6.07) is 7.30. The Balaban J connectivity index is 0. The standard InChI is InChI=1S/C13H16O3.C2H6.CH4O/c1-9(13(15)16-3)8-11-4-6-12(7-5-11)10(2)14;2*1-2/h4-7,9H,8H2,1-3H3;1-2H3;2H,1H3. The summed E-state index contributed by atoms with van der Waals surface area (Å²) in [6.07, 6.45) is 0.630. The van der Waals surface area contributed by atoms with Gasteiger partial charge >= 0.3 is 5.97 Å². The molecule has 114 valence electrons. The first-order chi connectivity index (χ1) is 9.54. The van der Waals surface area contributed by atoms with Gasteiger partial charge in [-0.05, 0) is 18.9 Å². The third kappa shape index (κ3) is 7.69. The summed E-state index contributed by atoms with van der Waals surface area (Å²) in [5, 5.41) is 7.00. The molecule has 0 spiro atoms. The van der Waals surface area contributed by atoms with Crippen molar-refractivity contribution in [3.63, 3.8) is 0 Å². The number of ether oxygens (including phenoxy) is 1. The number of esters is 1. The number of benzene rings is 1. The van der Waals surface area contributed by atoms with Crippen molar-refractivity contribution in [1.29, 1.82) is 0 Å². The highest BCUT2D eigenvalue weighted by Gasteiger charge is 2.13. The number of rotatable bonds is 4. The molecule has 0 radical (unpaired) electrons. The van der Waals surface area contributed by atoms with E-state index in [9.17, 15) is 9.59 Å². The van der Waals surface area contributed by atoms with E-state index in [2.05, 4.69) is 4.74 Å². The molecular formula is C16H26O4. The molecule has 1 rings (SSSR count). The summed E-state index contributed by atoms with van der Waals surface area (Å²) in [5.74, 6) is -0.323. The lowest BCUT2D eigenvalue weighted by Gasteiger charge is -2.09. The summed E-state index contributed by atoms with van der Waals surface area (Å²) >= 11 is 0. The molecule has 0 aromatic heterocycles. The molecule has 1 atom stereocenters. The molecule has 1 aromatic carbocycles. The maximum absolute atomic E-state index is 11.2. The Morgan fingerprint density at radius 3 is 1.95 bits per heavy atom. The van der Waals surface area contributed by atoms with E-state index >= 15 is 0 Å². The zero-order chi connectivity index (χ0) is 16.1. The van der Waals surface area contributed by atoms with E-state index in [0.717, 1.165) is 12.7 Å². The van der Waals surface area contributed by atoms with Gasteiger partial charge in [-0.3, -0.25) is 9.59 Å². The zero-order valence-corrected chi connectivity index (χ0v) is 13.3. The largest absolute Gasteiger partial charge is 0.469 e. The van der Waals surface area contributed by atoms with Crippen LogP contribution in [0.2, 0.25) is 0 Å². The van der Waals surface area contributed by atoms with Crippen molar-refractivity contribution in [1.82, 2.24) is 0 Å². The topological polar surface area (TPSA) is 63.6 Å². The van der Waals surface area contributed by atoms with Gasteiger partial charge < -0.3 is 9.84 Å². The third-order valence-corrected chi connectivity index (χ3v) is 2.51. The molecule has 0 heterocycles. The molecule has 4 heteroatoms. The van der Waals surface area contributed by atoms with E-state index in [4.69, 9.17) is 5.11 Å². The number of aliphatic hydroxyl groups is 1. The molecule has 0 aliphatic rings. The van der Waals surface area contributed by atoms with Gasteiger partial charge in [0.2, 0.25) is 0 Å². The van der Waals surface area contributed by atoms with Crippen LogP contribution in [0.4, 0.5) is 0 Å². The van der Waals surface area contributed by atoms with Crippen LogP contribution in [0.5, 0.6) is 0 Å². The molecule has 0 amide bonds. The second-order valence-electron chi connectivity index (χ2n) is 3.88. The molecule has 0 saturated carbocycles. The van der Waals surface area contributed by atoms with Crippen molar-refractivity contribution in [2.75, 3.05) is 14.2 Å². The molecule has 0 fully saturated rings. The van der Waals surface area contributed by atoms with Crippen LogP contribution in [0, 0.1) is 5.92 Å². The number of aliphatic hydroxyl groups excluding tert-OH is 1. The fraction of sp³-hybridized carbons (Fsp3) is 0.500. The minimum atomic E-state index is -0.212. The highest BCUT2D eigenvalue weighted by molar-refractivity contribution is 5.94. The van der Waals surface area contributed by atoms with E-state index in [1.54, 1.807) is 12.1 Å². The highest BCUT2D eigenvalue weighted by Crippen LogP contribution is 2.11. The second kappa shape index (κ2) is 12.4. The number of methoxy groups -OCH3 is 1. The van der Waals surface area contributed by atoms with E-state index < -0.39 is 0 Å². The quantitative estimate of drug-likeness (QED) is 0.681. The van der Waals surface area contributed by atoms with E-state index in [0.29, 0.717) is 12.0 Å². The monoisotopic (exact) mass is 282 g/mol. The van der Waals surface area contributed by atoms with Gasteiger partial charge in [-0.25, -0.2) is 0 Å². The maximum atomic E-state index is 11.2. The highest BCUT2D eigenvalue weighted by atomic mass is 16.5. The van der Waals surface area contributed by atoms with Crippen LogP contribution < -0.4 is 0 Å². The fourth-order valence-corrected chi connectivity index (χ4v) is 1.51. The number of Topliss-reactive ketones (excluding diaryl/α,β-unsaturated/α-hetero) is 1. The fourth-order valence-electron chi connectivity index (χ4n) is 1.51. The summed E-state index contributed by atoms with van der Waals surface area (Å²) in [4.78, 5) is 22.3. The Morgan fingerprint density at radius 1 is 1.15 bits per heavy atom. The lowest BCUT2D eigenvalue weighted by molar-refractivity contribution is -0.144. The molecular weight excluding hydrogens is 256 g/mol. The van der Waals surface area contributed by atoms with Crippen LogP contribution in [0.3, 0.4) is 0 Å². The van der Waals surface area contributed by atoms with E-state index in [1.165, 1.54) is 14.0 Å². The number of carbonyl (C=O) groups is 2. The van der Waals surface area contributed by atoms with Crippen molar-refractivity contribution in [2.24, 2.45) is 5.92 Å². The normalized spacial score (nSPS) is 10.2. The Morgan fingerprint density at radius 2 is 1.60 bits per heavy atom. The van der Waals surface area contributed by atoms with Gasteiger partial charge in [0, 0.05) is 12.7 Å². The summed E-state index contributed by atoms with van der Waals surface area (Å²) in [6.45, 7) is 7.36. The number of ketones is 1. The lowest BCUT2D eigenvalue weighted by atomic mass is 9.99. The van der Waals surface area contributed by atoms with Gasteiger partial charge in [0.25, 0.3) is 0 Å². The smallest absolute Gasteiger partial charge is 0.308 e. The van der Waals surface area contributed by atoms with Crippen molar-refractivity contribution in [2.45, 2.75) is 34.1 Å². The van der Waals surface area contributed by atoms with Crippen LogP contribution in [-0.2, 0) is 16.0 Å². The Bertz CT molecular complexity index is 382. The van der Waals surface area contributed by atoms with Gasteiger partial charge in [-0.2, -0.15) is 0 Å². The first-order valence-corrected chi connectivity index (χ1v) is 6.67. The third-order valence-electron chi connectivity index (χ3n) is 2.51. The molecule has 0 aliphatic heterocycles. The summed E-state index contributed by atoms with van der Waals surface area (Å²) in [7, 11) is 2.39. The summed E-state index contributed by atoms with van der Waals surface area (Å²) < 4.78 is 4.65. The molecule has 1 N–H and O–H groups in total. The predicted octanol–water partition coefficient (Wildman–Crippen LogP) is 2.88. The minimum Gasteiger partial charge on any atom is -0.469 e. The molecule has 0 bridgehead atoms.